The lowest BCUT2D eigenvalue weighted by molar-refractivity contribution is 0.0730. The Kier molecular flexibility index (Phi) is 7.87. The highest BCUT2D eigenvalue weighted by atomic mass is 32.2. The number of urea groups is 1. The van der Waals surface area contributed by atoms with Crippen LogP contribution in [-0.2, 0) is 21.4 Å². The Labute approximate surface area is 179 Å². The van der Waals surface area contributed by atoms with E-state index < -0.39 is 22.0 Å². The van der Waals surface area contributed by atoms with Crippen LogP contribution in [0.15, 0.2) is 46.9 Å². The second-order valence-electron chi connectivity index (χ2n) is 6.53. The van der Waals surface area contributed by atoms with Gasteiger partial charge >= 0.3 is 11.9 Å². The van der Waals surface area contributed by atoms with Crippen LogP contribution in [0.5, 0.6) is 5.75 Å². The molecule has 2 aromatic rings. The van der Waals surface area contributed by atoms with Gasteiger partial charge in [0.2, 0.25) is 10.0 Å². The molecular weight excluding hydrogens is 428 g/mol. The molecule has 1 saturated heterocycles. The third-order valence-electron chi connectivity index (χ3n) is 4.31. The van der Waals surface area contributed by atoms with E-state index in [-0.39, 0.29) is 24.7 Å². The summed E-state index contributed by atoms with van der Waals surface area (Å²) in [6.07, 6.45) is 0. The summed E-state index contributed by atoms with van der Waals surface area (Å²) >= 11 is 0. The van der Waals surface area contributed by atoms with Crippen molar-refractivity contribution in [3.05, 3.63) is 54.0 Å². The molecule has 1 aliphatic heterocycles. The number of nitrogens with one attached hydrogen (secondary N) is 3. The van der Waals surface area contributed by atoms with E-state index in [1.54, 1.807) is 18.2 Å². The lowest BCUT2D eigenvalue weighted by Crippen LogP contribution is -2.49. The van der Waals surface area contributed by atoms with Crippen LogP contribution in [0.1, 0.15) is 16.3 Å². The normalized spacial score (nSPS) is 14.6. The quantitative estimate of drug-likeness (QED) is 0.495. The third kappa shape index (κ3) is 6.98. The number of para-hydroxylation sites is 1. The van der Waals surface area contributed by atoms with Crippen LogP contribution in [0.3, 0.4) is 0 Å². The minimum Gasteiger partial charge on any atom is -0.486 e. The highest BCUT2D eigenvalue weighted by Crippen LogP contribution is 2.13. The standard InChI is InChI=1S/C19H24N4O7S/c24-18(17-7-6-16(30-17)14-29-15-4-2-1-3-5-15)21-22-19(25)20-8-13-31(26,27)23-9-11-28-12-10-23/h1-7H,8-14H2,(H,21,24)(H2,20,22,25). The average Bonchev–Trinajstić information content (AvgIpc) is 3.26. The number of sulfonamides is 1. The minimum absolute atomic E-state index is 0.0122. The maximum Gasteiger partial charge on any atom is 0.333 e. The zero-order valence-corrected chi connectivity index (χ0v) is 17.5. The maximum absolute atomic E-state index is 12.2. The molecular formula is C19H24N4O7S. The number of hydrogen-bond donors (Lipinski definition) is 3. The molecule has 11 nitrogen and oxygen atoms in total. The number of benzene rings is 1. The van der Waals surface area contributed by atoms with Crippen molar-refractivity contribution in [2.45, 2.75) is 6.61 Å². The maximum atomic E-state index is 12.2. The Bertz CT molecular complexity index is 972. The zero-order valence-electron chi connectivity index (χ0n) is 16.7. The summed E-state index contributed by atoms with van der Waals surface area (Å²) in [5, 5.41) is 2.38. The van der Waals surface area contributed by atoms with Gasteiger partial charge in [-0.1, -0.05) is 18.2 Å². The van der Waals surface area contributed by atoms with E-state index in [4.69, 9.17) is 13.9 Å². The van der Waals surface area contributed by atoms with Gasteiger partial charge in [0.25, 0.3) is 0 Å². The molecule has 0 unspecified atom stereocenters. The summed E-state index contributed by atoms with van der Waals surface area (Å²) < 4.78 is 41.7. The number of nitrogens with zero attached hydrogens (tertiary/aromatic N) is 1. The van der Waals surface area contributed by atoms with Gasteiger partial charge in [0.1, 0.15) is 18.1 Å². The highest BCUT2D eigenvalue weighted by Gasteiger charge is 2.24. The summed E-state index contributed by atoms with van der Waals surface area (Å²) in [5.74, 6) is 0.173. The highest BCUT2D eigenvalue weighted by molar-refractivity contribution is 7.89. The monoisotopic (exact) mass is 452 g/mol. The van der Waals surface area contributed by atoms with Crippen LogP contribution in [0.4, 0.5) is 4.79 Å². The summed E-state index contributed by atoms with van der Waals surface area (Å²) in [6.45, 7) is 1.34. The van der Waals surface area contributed by atoms with Crippen LogP contribution in [0.25, 0.3) is 0 Å². The van der Waals surface area contributed by atoms with Gasteiger partial charge in [-0.15, -0.1) is 0 Å². The van der Waals surface area contributed by atoms with E-state index in [0.717, 1.165) is 0 Å². The van der Waals surface area contributed by atoms with Crippen molar-refractivity contribution in [3.8, 4) is 5.75 Å². The molecule has 3 rings (SSSR count). The molecule has 12 heteroatoms. The Morgan fingerprint density at radius 3 is 2.52 bits per heavy atom. The fourth-order valence-electron chi connectivity index (χ4n) is 2.72. The van der Waals surface area contributed by atoms with Crippen LogP contribution in [-0.4, -0.2) is 63.3 Å². The number of hydrogen-bond acceptors (Lipinski definition) is 7. The topological polar surface area (TPSA) is 139 Å². The van der Waals surface area contributed by atoms with Crippen molar-refractivity contribution < 1.29 is 31.9 Å². The summed E-state index contributed by atoms with van der Waals surface area (Å²) in [7, 11) is -3.48. The summed E-state index contributed by atoms with van der Waals surface area (Å²) in [5.41, 5.74) is 4.33. The van der Waals surface area contributed by atoms with Crippen LogP contribution in [0.2, 0.25) is 0 Å². The first kappa shape index (κ1) is 22.6. The summed E-state index contributed by atoms with van der Waals surface area (Å²) in [6, 6.07) is 11.4. The number of morpholine rings is 1. The predicted molar refractivity (Wildman–Crippen MR) is 110 cm³/mol. The average molecular weight is 452 g/mol. The SMILES string of the molecule is O=C(NCCS(=O)(=O)N1CCOCC1)NNC(=O)c1ccc(COc2ccccc2)o1. The fraction of sp³-hybridized carbons (Fsp3) is 0.368. The van der Waals surface area contributed by atoms with Gasteiger partial charge in [0, 0.05) is 19.6 Å². The molecule has 0 radical (unpaired) electrons. The van der Waals surface area contributed by atoms with Crippen molar-refractivity contribution in [3.63, 3.8) is 0 Å². The lowest BCUT2D eigenvalue weighted by Gasteiger charge is -2.26. The fourth-order valence-corrected chi connectivity index (χ4v) is 4.04. The van der Waals surface area contributed by atoms with Crippen LogP contribution in [0, 0.1) is 0 Å². The van der Waals surface area contributed by atoms with E-state index >= 15 is 0 Å². The van der Waals surface area contributed by atoms with E-state index in [2.05, 4.69) is 16.2 Å². The Hall–Kier alpha value is -3.09. The smallest absolute Gasteiger partial charge is 0.333 e. The molecule has 0 aliphatic carbocycles. The Balaban J connectivity index is 1.36. The molecule has 3 N–H and O–H groups in total. The van der Waals surface area contributed by atoms with E-state index in [9.17, 15) is 18.0 Å². The second-order valence-corrected chi connectivity index (χ2v) is 8.62. The molecule has 168 valence electrons. The van der Waals surface area contributed by atoms with E-state index in [1.807, 2.05) is 18.2 Å². The van der Waals surface area contributed by atoms with Gasteiger partial charge in [-0.2, -0.15) is 4.31 Å². The Morgan fingerprint density at radius 2 is 1.77 bits per heavy atom. The first-order valence-corrected chi connectivity index (χ1v) is 11.2. The second kappa shape index (κ2) is 10.8. The zero-order chi connectivity index (χ0) is 22.1. The van der Waals surface area contributed by atoms with Crippen molar-refractivity contribution in [1.29, 1.82) is 0 Å². The van der Waals surface area contributed by atoms with Gasteiger partial charge in [0.15, 0.2) is 5.76 Å². The molecule has 1 aromatic carbocycles. The van der Waals surface area contributed by atoms with Crippen molar-refractivity contribution >= 4 is 22.0 Å². The molecule has 3 amide bonds. The molecule has 1 fully saturated rings. The predicted octanol–water partition coefficient (Wildman–Crippen LogP) is 0.465. The van der Waals surface area contributed by atoms with Crippen molar-refractivity contribution in [2.24, 2.45) is 0 Å². The lowest BCUT2D eigenvalue weighted by atomic mass is 10.3. The van der Waals surface area contributed by atoms with Gasteiger partial charge in [-0.05, 0) is 24.3 Å². The molecule has 0 spiro atoms. The number of furan rings is 1. The molecule has 2 heterocycles. The molecule has 0 atom stereocenters. The van der Waals surface area contributed by atoms with Crippen LogP contribution < -0.4 is 20.9 Å². The molecule has 31 heavy (non-hydrogen) atoms. The largest absolute Gasteiger partial charge is 0.486 e. The molecule has 0 bridgehead atoms. The van der Waals surface area contributed by atoms with Gasteiger partial charge in [-0.25, -0.2) is 18.6 Å². The number of ether oxygens (including phenoxy) is 2. The van der Waals surface area contributed by atoms with Crippen molar-refractivity contribution in [2.75, 3.05) is 38.6 Å². The molecule has 1 aliphatic rings. The minimum atomic E-state index is -3.48. The van der Waals surface area contributed by atoms with Gasteiger partial charge in [0.05, 0.1) is 19.0 Å². The third-order valence-corrected chi connectivity index (χ3v) is 6.18. The van der Waals surface area contributed by atoms with E-state index in [1.165, 1.54) is 10.4 Å². The van der Waals surface area contributed by atoms with Crippen LogP contribution >= 0.6 is 0 Å². The van der Waals surface area contributed by atoms with E-state index in [0.29, 0.717) is 37.8 Å². The van der Waals surface area contributed by atoms with Gasteiger partial charge in [-0.3, -0.25) is 10.2 Å². The van der Waals surface area contributed by atoms with Gasteiger partial charge < -0.3 is 19.2 Å². The Morgan fingerprint density at radius 1 is 1.03 bits per heavy atom. The van der Waals surface area contributed by atoms with Crippen molar-refractivity contribution in [1.82, 2.24) is 20.5 Å². The first-order chi connectivity index (χ1) is 14.9. The molecule has 1 aromatic heterocycles. The number of carbonyl (C=O) groups excluding carboxylic acids is 2. The first-order valence-electron chi connectivity index (χ1n) is 9.60. The number of amides is 3. The number of hydrazine groups is 1. The number of rotatable bonds is 8. The summed E-state index contributed by atoms with van der Waals surface area (Å²) in [4.78, 5) is 23.9. The molecule has 0 saturated carbocycles. The number of carbonyl (C=O) groups is 2.